The van der Waals surface area contributed by atoms with E-state index in [1.807, 2.05) is 0 Å². The van der Waals surface area contributed by atoms with Gasteiger partial charge in [-0.2, -0.15) is 0 Å². The highest BCUT2D eigenvalue weighted by Gasteiger charge is 2.31. The van der Waals surface area contributed by atoms with Gasteiger partial charge in [-0.15, -0.1) is 10.9 Å². The van der Waals surface area contributed by atoms with Crippen LogP contribution in [0.4, 0.5) is 0 Å². The standard InChI is InChI=1S/C7H12O3P/c1-5-7(3,4)10-11(8)9-6-2/h1H,6H2,2-4H3/q+1. The van der Waals surface area contributed by atoms with Crippen LogP contribution >= 0.6 is 8.25 Å². The molecule has 0 saturated heterocycles. The lowest BCUT2D eigenvalue weighted by molar-refractivity contribution is 0.143. The van der Waals surface area contributed by atoms with Crippen LogP contribution in [0, 0.1) is 12.3 Å². The Labute approximate surface area is 68.0 Å². The van der Waals surface area contributed by atoms with E-state index < -0.39 is 13.9 Å². The molecule has 0 amide bonds. The molecule has 0 bridgehead atoms. The van der Waals surface area contributed by atoms with Crippen molar-refractivity contribution in [1.82, 2.24) is 0 Å². The van der Waals surface area contributed by atoms with Crippen LogP contribution in [0.5, 0.6) is 0 Å². The van der Waals surface area contributed by atoms with Gasteiger partial charge >= 0.3 is 8.25 Å². The van der Waals surface area contributed by atoms with E-state index in [0.29, 0.717) is 6.61 Å². The zero-order chi connectivity index (χ0) is 8.91. The average Bonchev–Trinajstić information content (AvgIpc) is 1.87. The maximum atomic E-state index is 10.8. The molecule has 0 aliphatic rings. The third kappa shape index (κ3) is 4.92. The normalized spacial score (nSPS) is 12.4. The minimum Gasteiger partial charge on any atom is -0.119 e. The topological polar surface area (TPSA) is 35.5 Å². The van der Waals surface area contributed by atoms with Gasteiger partial charge in [-0.1, -0.05) is 10.4 Å². The zero-order valence-corrected chi connectivity index (χ0v) is 7.85. The molecule has 0 spiro atoms. The Hall–Kier alpha value is -0.420. The molecular formula is C7H12O3P+. The van der Waals surface area contributed by atoms with Crippen LogP contribution in [-0.2, 0) is 13.6 Å². The number of rotatable bonds is 4. The fourth-order valence-electron chi connectivity index (χ4n) is 0.344. The van der Waals surface area contributed by atoms with Crippen molar-refractivity contribution in [1.29, 1.82) is 0 Å². The Morgan fingerprint density at radius 2 is 2.18 bits per heavy atom. The summed E-state index contributed by atoms with van der Waals surface area (Å²) in [6.07, 6.45) is 5.09. The van der Waals surface area contributed by atoms with E-state index in [4.69, 9.17) is 10.9 Å². The van der Waals surface area contributed by atoms with Crippen LogP contribution < -0.4 is 0 Å². The summed E-state index contributed by atoms with van der Waals surface area (Å²) >= 11 is 0. The molecule has 0 heterocycles. The molecule has 0 saturated carbocycles. The van der Waals surface area contributed by atoms with Gasteiger partial charge in [-0.25, -0.2) is 0 Å². The van der Waals surface area contributed by atoms with E-state index in [9.17, 15) is 4.57 Å². The summed E-state index contributed by atoms with van der Waals surface area (Å²) in [5.41, 5.74) is -0.817. The first kappa shape index (κ1) is 10.6. The minimum absolute atomic E-state index is 0.357. The summed E-state index contributed by atoms with van der Waals surface area (Å²) in [7, 11) is -2.07. The molecule has 1 atom stereocenters. The Kier molecular flexibility index (Phi) is 4.29. The van der Waals surface area contributed by atoms with E-state index >= 15 is 0 Å². The molecule has 0 rings (SSSR count). The molecule has 0 aliphatic heterocycles. The van der Waals surface area contributed by atoms with Crippen molar-refractivity contribution in [3.8, 4) is 12.3 Å². The third-order valence-electron chi connectivity index (χ3n) is 0.885. The van der Waals surface area contributed by atoms with Crippen molar-refractivity contribution in [2.24, 2.45) is 0 Å². The maximum absolute atomic E-state index is 10.8. The molecule has 0 aromatic carbocycles. The number of hydrogen-bond acceptors (Lipinski definition) is 3. The van der Waals surface area contributed by atoms with Crippen LogP contribution in [0.2, 0.25) is 0 Å². The van der Waals surface area contributed by atoms with Gasteiger partial charge in [0.2, 0.25) is 0 Å². The predicted molar refractivity (Wildman–Crippen MR) is 43.2 cm³/mol. The first-order valence-electron chi connectivity index (χ1n) is 3.29. The molecule has 0 aliphatic carbocycles. The smallest absolute Gasteiger partial charge is 0.119 e. The van der Waals surface area contributed by atoms with Gasteiger partial charge in [0.15, 0.2) is 5.60 Å². The summed E-state index contributed by atoms with van der Waals surface area (Å²) in [5, 5.41) is 0. The lowest BCUT2D eigenvalue weighted by Crippen LogP contribution is -2.17. The van der Waals surface area contributed by atoms with E-state index in [1.54, 1.807) is 20.8 Å². The monoisotopic (exact) mass is 175 g/mol. The second kappa shape index (κ2) is 4.46. The maximum Gasteiger partial charge on any atom is 0.698 e. The highest BCUT2D eigenvalue weighted by Crippen LogP contribution is 2.30. The van der Waals surface area contributed by atoms with Crippen molar-refractivity contribution in [3.05, 3.63) is 0 Å². The fourth-order valence-corrected chi connectivity index (χ4v) is 1.03. The highest BCUT2D eigenvalue weighted by molar-refractivity contribution is 7.33. The molecular weight excluding hydrogens is 163 g/mol. The van der Waals surface area contributed by atoms with E-state index in [-0.39, 0.29) is 0 Å². The van der Waals surface area contributed by atoms with Crippen molar-refractivity contribution < 1.29 is 13.6 Å². The summed E-state index contributed by atoms with van der Waals surface area (Å²) in [4.78, 5) is 0. The average molecular weight is 175 g/mol. The van der Waals surface area contributed by atoms with Crippen molar-refractivity contribution >= 4 is 8.25 Å². The van der Waals surface area contributed by atoms with Crippen LogP contribution in [-0.4, -0.2) is 12.2 Å². The van der Waals surface area contributed by atoms with Crippen molar-refractivity contribution in [3.63, 3.8) is 0 Å². The zero-order valence-electron chi connectivity index (χ0n) is 6.96. The second-order valence-electron chi connectivity index (χ2n) is 2.39. The van der Waals surface area contributed by atoms with Crippen LogP contribution in [0.1, 0.15) is 20.8 Å². The van der Waals surface area contributed by atoms with E-state index in [1.165, 1.54) is 0 Å². The molecule has 0 fully saturated rings. The molecule has 0 aromatic rings. The lowest BCUT2D eigenvalue weighted by atomic mass is 10.2. The first-order valence-corrected chi connectivity index (χ1v) is 4.38. The molecule has 0 aromatic heterocycles. The van der Waals surface area contributed by atoms with Gasteiger partial charge in [-0.05, 0) is 20.8 Å². The van der Waals surface area contributed by atoms with Gasteiger partial charge in [0, 0.05) is 4.57 Å². The second-order valence-corrected chi connectivity index (χ2v) is 3.28. The SMILES string of the molecule is C#CC(C)(C)O[P+](=O)OCC. The molecule has 4 heteroatoms. The largest absolute Gasteiger partial charge is 0.698 e. The Morgan fingerprint density at radius 1 is 1.64 bits per heavy atom. The molecule has 0 radical (unpaired) electrons. The van der Waals surface area contributed by atoms with Gasteiger partial charge in [0.05, 0.1) is 0 Å². The van der Waals surface area contributed by atoms with Crippen molar-refractivity contribution in [2.75, 3.05) is 6.61 Å². The predicted octanol–water partition coefficient (Wildman–Crippen LogP) is 2.11. The number of hydrogen-bond donors (Lipinski definition) is 0. The van der Waals surface area contributed by atoms with E-state index in [2.05, 4.69) is 10.4 Å². The Bertz CT molecular complexity index is 181. The highest BCUT2D eigenvalue weighted by atomic mass is 31.1. The molecule has 0 N–H and O–H groups in total. The summed E-state index contributed by atoms with van der Waals surface area (Å²) in [5.74, 6) is 2.34. The van der Waals surface area contributed by atoms with Gasteiger partial charge < -0.3 is 0 Å². The number of terminal acetylenes is 1. The van der Waals surface area contributed by atoms with E-state index in [0.717, 1.165) is 0 Å². The quantitative estimate of drug-likeness (QED) is 0.485. The molecule has 62 valence electrons. The fraction of sp³-hybridized carbons (Fsp3) is 0.714. The molecule has 11 heavy (non-hydrogen) atoms. The van der Waals surface area contributed by atoms with Gasteiger partial charge in [-0.3, -0.25) is 0 Å². The van der Waals surface area contributed by atoms with Crippen LogP contribution in [0.15, 0.2) is 0 Å². The van der Waals surface area contributed by atoms with Crippen molar-refractivity contribution in [2.45, 2.75) is 26.4 Å². The Balaban J connectivity index is 3.86. The molecule has 3 nitrogen and oxygen atoms in total. The molecule has 1 unspecified atom stereocenters. The van der Waals surface area contributed by atoms with Crippen LogP contribution in [0.3, 0.4) is 0 Å². The minimum atomic E-state index is -2.07. The third-order valence-corrected chi connectivity index (χ3v) is 1.96. The van der Waals surface area contributed by atoms with Gasteiger partial charge in [0.25, 0.3) is 0 Å². The first-order chi connectivity index (χ1) is 5.02. The lowest BCUT2D eigenvalue weighted by Gasteiger charge is -2.06. The Morgan fingerprint density at radius 3 is 2.55 bits per heavy atom. The van der Waals surface area contributed by atoms with Crippen LogP contribution in [0.25, 0.3) is 0 Å². The summed E-state index contributed by atoms with van der Waals surface area (Å²) < 4.78 is 20.4. The summed E-state index contributed by atoms with van der Waals surface area (Å²) in [6, 6.07) is 0. The van der Waals surface area contributed by atoms with Gasteiger partial charge in [0.1, 0.15) is 6.61 Å². The summed E-state index contributed by atoms with van der Waals surface area (Å²) in [6.45, 7) is 5.40.